The van der Waals surface area contributed by atoms with E-state index >= 15 is 0 Å². The van der Waals surface area contributed by atoms with E-state index in [2.05, 4.69) is 10.4 Å². The molecule has 1 rings (SSSR count). The van der Waals surface area contributed by atoms with Crippen LogP contribution in [0, 0.1) is 10.1 Å². The third-order valence-corrected chi connectivity index (χ3v) is 2.15. The van der Waals surface area contributed by atoms with Crippen molar-refractivity contribution < 1.29 is 14.5 Å². The largest absolute Gasteiger partial charge is 0.347 e. The van der Waals surface area contributed by atoms with Crippen LogP contribution in [0.25, 0.3) is 0 Å². The lowest BCUT2D eigenvalue weighted by molar-refractivity contribution is -0.385. The van der Waals surface area contributed by atoms with E-state index in [0.717, 1.165) is 23.5 Å². The first kappa shape index (κ1) is 13.8. The summed E-state index contributed by atoms with van der Waals surface area (Å²) in [5.74, 6) is -0.449. The topological polar surface area (TPSA) is 107 Å². The number of hydrogen-bond donors (Lipinski definition) is 1. The molecule has 0 saturated heterocycles. The molecule has 0 saturated carbocycles. The fourth-order valence-corrected chi connectivity index (χ4v) is 1.30. The lowest BCUT2D eigenvalue weighted by Gasteiger charge is -2.03. The summed E-state index contributed by atoms with van der Waals surface area (Å²) in [6, 6.07) is 0. The van der Waals surface area contributed by atoms with Crippen molar-refractivity contribution in [2.24, 2.45) is 0 Å². The lowest BCUT2D eigenvalue weighted by atomic mass is 10.2. The molecule has 1 aromatic heterocycles. The standard InChI is InChI=1S/C10H14N4O4/c1-2-3-9(15)5-11-10(16)7-13-6-8(4-12-13)14(17)18/h4,6H,2-3,5,7H2,1H3,(H,11,16). The van der Waals surface area contributed by atoms with Crippen LogP contribution in [0.4, 0.5) is 5.69 Å². The second-order valence-electron chi connectivity index (χ2n) is 3.72. The van der Waals surface area contributed by atoms with Gasteiger partial charge >= 0.3 is 5.69 Å². The maximum atomic E-state index is 11.4. The Morgan fingerprint density at radius 3 is 2.83 bits per heavy atom. The van der Waals surface area contributed by atoms with Gasteiger partial charge in [-0.2, -0.15) is 5.10 Å². The van der Waals surface area contributed by atoms with Crippen LogP contribution >= 0.6 is 0 Å². The Balaban J connectivity index is 2.39. The van der Waals surface area contributed by atoms with Gasteiger partial charge in [0.15, 0.2) is 5.78 Å². The van der Waals surface area contributed by atoms with Crippen molar-refractivity contribution >= 4 is 17.4 Å². The number of aromatic nitrogens is 2. The molecule has 1 N–H and O–H groups in total. The monoisotopic (exact) mass is 254 g/mol. The zero-order chi connectivity index (χ0) is 13.5. The highest BCUT2D eigenvalue weighted by molar-refractivity contribution is 5.85. The summed E-state index contributed by atoms with van der Waals surface area (Å²) in [4.78, 5) is 32.4. The molecule has 8 heteroatoms. The van der Waals surface area contributed by atoms with E-state index < -0.39 is 10.8 Å². The van der Waals surface area contributed by atoms with Gasteiger partial charge in [-0.1, -0.05) is 6.92 Å². The summed E-state index contributed by atoms with van der Waals surface area (Å²) in [6.45, 7) is 1.71. The quantitative estimate of drug-likeness (QED) is 0.555. The zero-order valence-corrected chi connectivity index (χ0v) is 9.96. The first-order valence-electron chi connectivity index (χ1n) is 5.48. The molecule has 18 heavy (non-hydrogen) atoms. The Labute approximate surface area is 103 Å². The fraction of sp³-hybridized carbons (Fsp3) is 0.500. The normalized spacial score (nSPS) is 10.1. The highest BCUT2D eigenvalue weighted by Gasteiger charge is 2.11. The molecule has 8 nitrogen and oxygen atoms in total. The number of Topliss-reactive ketones (excluding diaryl/α,β-unsaturated/α-hetero) is 1. The predicted octanol–water partition coefficient (Wildman–Crippen LogP) is 0.277. The van der Waals surface area contributed by atoms with Crippen molar-refractivity contribution in [2.75, 3.05) is 6.54 Å². The molecular formula is C10H14N4O4. The number of ketones is 1. The predicted molar refractivity (Wildman–Crippen MR) is 61.8 cm³/mol. The van der Waals surface area contributed by atoms with Crippen molar-refractivity contribution in [2.45, 2.75) is 26.3 Å². The van der Waals surface area contributed by atoms with Crippen LogP contribution in [0.15, 0.2) is 12.4 Å². The van der Waals surface area contributed by atoms with Gasteiger partial charge in [0.05, 0.1) is 11.5 Å². The van der Waals surface area contributed by atoms with Crippen LogP contribution < -0.4 is 5.32 Å². The minimum atomic E-state index is -0.591. The smallest absolute Gasteiger partial charge is 0.307 e. The van der Waals surface area contributed by atoms with Crippen LogP contribution in [-0.2, 0) is 16.1 Å². The highest BCUT2D eigenvalue weighted by atomic mass is 16.6. The first-order chi connectivity index (χ1) is 8.52. The van der Waals surface area contributed by atoms with Gasteiger partial charge in [-0.25, -0.2) is 0 Å². The highest BCUT2D eigenvalue weighted by Crippen LogP contribution is 2.07. The summed E-state index contributed by atoms with van der Waals surface area (Å²) >= 11 is 0. The van der Waals surface area contributed by atoms with Gasteiger partial charge in [-0.3, -0.25) is 24.4 Å². The summed E-state index contributed by atoms with van der Waals surface area (Å²) in [7, 11) is 0. The number of nitrogens with one attached hydrogen (secondary N) is 1. The number of carbonyl (C=O) groups excluding carboxylic acids is 2. The molecule has 0 aliphatic carbocycles. The Morgan fingerprint density at radius 2 is 2.28 bits per heavy atom. The van der Waals surface area contributed by atoms with Crippen molar-refractivity contribution in [1.29, 1.82) is 0 Å². The maximum absolute atomic E-state index is 11.4. The van der Waals surface area contributed by atoms with E-state index in [4.69, 9.17) is 0 Å². The molecule has 0 atom stereocenters. The number of carbonyl (C=O) groups is 2. The number of nitrogens with zero attached hydrogens (tertiary/aromatic N) is 3. The molecule has 0 spiro atoms. The van der Waals surface area contributed by atoms with E-state index in [-0.39, 0.29) is 24.6 Å². The van der Waals surface area contributed by atoms with Crippen molar-refractivity contribution in [3.63, 3.8) is 0 Å². The summed E-state index contributed by atoms with van der Waals surface area (Å²) in [5, 5.41) is 16.5. The van der Waals surface area contributed by atoms with Crippen LogP contribution in [0.1, 0.15) is 19.8 Å². The molecule has 98 valence electrons. The first-order valence-corrected chi connectivity index (χ1v) is 5.48. The SMILES string of the molecule is CCCC(=O)CNC(=O)Cn1cc([N+](=O)[O-])cn1. The maximum Gasteiger partial charge on any atom is 0.307 e. The van der Waals surface area contributed by atoms with Crippen LogP contribution in [-0.4, -0.2) is 32.9 Å². The Kier molecular flexibility index (Phi) is 4.97. The molecule has 0 aliphatic rings. The van der Waals surface area contributed by atoms with Gasteiger partial charge in [0.25, 0.3) is 0 Å². The molecule has 0 unspecified atom stereocenters. The number of amides is 1. The van der Waals surface area contributed by atoms with Crippen molar-refractivity contribution in [3.05, 3.63) is 22.5 Å². The van der Waals surface area contributed by atoms with Crippen molar-refractivity contribution in [3.8, 4) is 0 Å². The Hall–Kier alpha value is -2.25. The molecule has 0 aliphatic heterocycles. The van der Waals surface area contributed by atoms with E-state index in [1.54, 1.807) is 0 Å². The molecule has 0 bridgehead atoms. The average Bonchev–Trinajstić information content (AvgIpc) is 2.75. The molecule has 0 radical (unpaired) electrons. The fourth-order valence-electron chi connectivity index (χ4n) is 1.30. The van der Waals surface area contributed by atoms with Gasteiger partial charge in [0, 0.05) is 6.42 Å². The minimum absolute atomic E-state index is 0.0178. The molecule has 0 aromatic carbocycles. The van der Waals surface area contributed by atoms with Gasteiger partial charge in [-0.15, -0.1) is 0 Å². The summed E-state index contributed by atoms with van der Waals surface area (Å²) in [5.41, 5.74) is -0.176. The van der Waals surface area contributed by atoms with Crippen LogP contribution in [0.5, 0.6) is 0 Å². The number of rotatable bonds is 7. The Morgan fingerprint density at radius 1 is 1.56 bits per heavy atom. The minimum Gasteiger partial charge on any atom is -0.347 e. The number of nitro groups is 1. The van der Waals surface area contributed by atoms with E-state index in [1.807, 2.05) is 6.92 Å². The molecular weight excluding hydrogens is 240 g/mol. The molecule has 1 heterocycles. The zero-order valence-electron chi connectivity index (χ0n) is 9.96. The average molecular weight is 254 g/mol. The van der Waals surface area contributed by atoms with Crippen LogP contribution in [0.3, 0.4) is 0 Å². The second kappa shape index (κ2) is 6.48. The summed E-state index contributed by atoms with van der Waals surface area (Å²) < 4.78 is 1.15. The third-order valence-electron chi connectivity index (χ3n) is 2.15. The van der Waals surface area contributed by atoms with E-state index in [0.29, 0.717) is 6.42 Å². The third kappa shape index (κ3) is 4.32. The van der Waals surface area contributed by atoms with Crippen molar-refractivity contribution in [1.82, 2.24) is 15.1 Å². The summed E-state index contributed by atoms with van der Waals surface area (Å²) in [6.07, 6.45) is 3.39. The molecule has 0 fully saturated rings. The molecule has 1 amide bonds. The van der Waals surface area contributed by atoms with Gasteiger partial charge in [-0.05, 0) is 6.42 Å². The van der Waals surface area contributed by atoms with Gasteiger partial charge in [0.1, 0.15) is 18.9 Å². The van der Waals surface area contributed by atoms with Gasteiger partial charge < -0.3 is 5.32 Å². The second-order valence-corrected chi connectivity index (χ2v) is 3.72. The van der Waals surface area contributed by atoms with E-state index in [9.17, 15) is 19.7 Å². The van der Waals surface area contributed by atoms with Gasteiger partial charge in [0.2, 0.25) is 5.91 Å². The van der Waals surface area contributed by atoms with E-state index in [1.165, 1.54) is 0 Å². The van der Waals surface area contributed by atoms with Crippen LogP contribution in [0.2, 0.25) is 0 Å². The Bertz CT molecular complexity index is 454. The lowest BCUT2D eigenvalue weighted by Crippen LogP contribution is -2.32. The number of hydrogen-bond acceptors (Lipinski definition) is 5. The molecule has 1 aromatic rings.